The second kappa shape index (κ2) is 11.6. The van der Waals surface area contributed by atoms with Crippen LogP contribution >= 0.6 is 0 Å². The number of aromatic nitrogens is 2. The van der Waals surface area contributed by atoms with Gasteiger partial charge in [-0.2, -0.15) is 10.2 Å². The van der Waals surface area contributed by atoms with Crippen molar-refractivity contribution < 1.29 is 8.42 Å². The molecule has 1 aliphatic heterocycles. The lowest BCUT2D eigenvalue weighted by Crippen LogP contribution is -2.17. The number of anilines is 1. The van der Waals surface area contributed by atoms with Gasteiger partial charge in [0.2, 0.25) is 0 Å². The fourth-order valence-corrected chi connectivity index (χ4v) is 5.32. The van der Waals surface area contributed by atoms with Crippen LogP contribution in [0.25, 0.3) is 4.72 Å². The lowest BCUT2D eigenvalue weighted by Gasteiger charge is -2.26. The van der Waals surface area contributed by atoms with Crippen molar-refractivity contribution in [3.63, 3.8) is 0 Å². The molecule has 10 heteroatoms. The molecule has 1 fully saturated rings. The van der Waals surface area contributed by atoms with E-state index in [2.05, 4.69) is 37.8 Å². The Bertz CT molecular complexity index is 1490. The van der Waals surface area contributed by atoms with Gasteiger partial charge in [-0.05, 0) is 68.9 Å². The van der Waals surface area contributed by atoms with E-state index < -0.39 is 10.0 Å². The van der Waals surface area contributed by atoms with Gasteiger partial charge in [-0.3, -0.25) is 0 Å². The molecule has 3 aromatic rings. The summed E-state index contributed by atoms with van der Waals surface area (Å²) < 4.78 is 32.5. The van der Waals surface area contributed by atoms with Crippen molar-refractivity contribution in [3.8, 4) is 6.07 Å². The van der Waals surface area contributed by atoms with Gasteiger partial charge in [0.15, 0.2) is 5.69 Å². The molecular formula is C28H32N7O2S-. The average molecular weight is 531 g/mol. The monoisotopic (exact) mass is 530 g/mol. The van der Waals surface area contributed by atoms with Gasteiger partial charge < -0.3 is 14.2 Å². The third-order valence-electron chi connectivity index (χ3n) is 6.83. The molecule has 198 valence electrons. The highest BCUT2D eigenvalue weighted by Gasteiger charge is 2.15. The number of azo groups is 1. The zero-order valence-corrected chi connectivity index (χ0v) is 23.0. The first kappa shape index (κ1) is 27.1. The number of hydrogen-bond donors (Lipinski definition) is 0. The van der Waals surface area contributed by atoms with E-state index in [4.69, 9.17) is 0 Å². The molecule has 1 unspecified atom stereocenters. The third-order valence-corrected chi connectivity index (χ3v) is 8.14. The van der Waals surface area contributed by atoms with E-state index in [1.165, 1.54) is 0 Å². The summed E-state index contributed by atoms with van der Waals surface area (Å²) in [7, 11) is -2.26. The van der Waals surface area contributed by atoms with Crippen LogP contribution in [0.2, 0.25) is 0 Å². The standard InChI is InChI=1S/C28H32N7O2S/c1-5-6-9-20(2)22-10-13-24(14-11-22)38(36,37)33-26-18-23(35-16-7-8-17-35)12-15-25(26)31-32-28-30-27(19-29)21(3)34(28)4/h5-6,10-15,18,20H,7-9,16-17H2,1-4H3/q-1/b6-5-,32-31?. The van der Waals surface area contributed by atoms with Crippen LogP contribution in [0.3, 0.4) is 0 Å². The Morgan fingerprint density at radius 2 is 1.87 bits per heavy atom. The van der Waals surface area contributed by atoms with Crippen LogP contribution < -0.4 is 4.90 Å². The molecule has 9 nitrogen and oxygen atoms in total. The predicted molar refractivity (Wildman–Crippen MR) is 149 cm³/mol. The minimum atomic E-state index is -4.01. The quantitative estimate of drug-likeness (QED) is 0.216. The Hall–Kier alpha value is -3.97. The summed E-state index contributed by atoms with van der Waals surface area (Å²) in [6, 6.07) is 14.3. The number of rotatable bonds is 9. The van der Waals surface area contributed by atoms with Gasteiger partial charge in [-0.1, -0.05) is 43.0 Å². The summed E-state index contributed by atoms with van der Waals surface area (Å²) in [5, 5.41) is 17.7. The van der Waals surface area contributed by atoms with Crippen molar-refractivity contribution in [2.24, 2.45) is 17.3 Å². The number of nitriles is 1. The molecule has 4 rings (SSSR count). The number of allylic oxidation sites excluding steroid dienone is 2. The molecular weight excluding hydrogens is 498 g/mol. The van der Waals surface area contributed by atoms with E-state index in [1.54, 1.807) is 42.8 Å². The number of sulfonamides is 1. The lowest BCUT2D eigenvalue weighted by molar-refractivity contribution is 0.603. The van der Waals surface area contributed by atoms with Crippen molar-refractivity contribution in [1.82, 2.24) is 9.55 Å². The molecule has 0 radical (unpaired) electrons. The van der Waals surface area contributed by atoms with Gasteiger partial charge in [-0.15, -0.1) is 10.2 Å². The summed E-state index contributed by atoms with van der Waals surface area (Å²) in [6.45, 7) is 7.68. The van der Waals surface area contributed by atoms with Crippen LogP contribution in [-0.2, 0) is 17.1 Å². The van der Waals surface area contributed by atoms with E-state index >= 15 is 0 Å². The van der Waals surface area contributed by atoms with Crippen LogP contribution in [-0.4, -0.2) is 31.1 Å². The van der Waals surface area contributed by atoms with Gasteiger partial charge in [0, 0.05) is 25.8 Å². The third kappa shape index (κ3) is 5.94. The van der Waals surface area contributed by atoms with Gasteiger partial charge in [-0.25, -0.2) is 8.42 Å². The molecule has 0 saturated carbocycles. The number of benzene rings is 2. The lowest BCUT2D eigenvalue weighted by atomic mass is 9.98. The molecule has 0 N–H and O–H groups in total. The molecule has 0 bridgehead atoms. The molecule has 1 atom stereocenters. The summed E-state index contributed by atoms with van der Waals surface area (Å²) in [5.74, 6) is 0.527. The first-order valence-electron chi connectivity index (χ1n) is 12.7. The Labute approximate surface area is 224 Å². The largest absolute Gasteiger partial charge is 0.571 e. The van der Waals surface area contributed by atoms with E-state index in [-0.39, 0.29) is 28.1 Å². The molecule has 2 aromatic carbocycles. The number of imidazole rings is 1. The van der Waals surface area contributed by atoms with Crippen molar-refractivity contribution in [2.75, 3.05) is 18.0 Å². The molecule has 1 aliphatic rings. The predicted octanol–water partition coefficient (Wildman–Crippen LogP) is 7.08. The van der Waals surface area contributed by atoms with Crippen molar-refractivity contribution in [1.29, 1.82) is 5.26 Å². The second-order valence-corrected chi connectivity index (χ2v) is 11.0. The highest BCUT2D eigenvalue weighted by molar-refractivity contribution is 7.94. The van der Waals surface area contributed by atoms with Crippen molar-refractivity contribution >= 4 is 33.0 Å². The minimum Gasteiger partial charge on any atom is -0.571 e. The van der Waals surface area contributed by atoms with Crippen LogP contribution in [0.4, 0.5) is 23.0 Å². The minimum absolute atomic E-state index is 0.118. The van der Waals surface area contributed by atoms with E-state index in [9.17, 15) is 13.7 Å². The molecule has 0 aliphatic carbocycles. The Morgan fingerprint density at radius 3 is 2.50 bits per heavy atom. The summed E-state index contributed by atoms with van der Waals surface area (Å²) in [4.78, 5) is 6.52. The first-order valence-corrected chi connectivity index (χ1v) is 14.1. The summed E-state index contributed by atoms with van der Waals surface area (Å²) in [5.41, 5.74) is 3.39. The maximum Gasteiger partial charge on any atom is 0.250 e. The molecule has 38 heavy (non-hydrogen) atoms. The SMILES string of the molecule is C/C=C\CC(C)c1ccc(S(=O)(=O)[N-]c2cc(N3CCCC3)ccc2N=Nc2nc(C#N)c(C)n2C)cc1. The van der Waals surface area contributed by atoms with E-state index in [0.29, 0.717) is 11.4 Å². The van der Waals surface area contributed by atoms with Crippen molar-refractivity contribution in [3.05, 3.63) is 76.3 Å². The second-order valence-electron chi connectivity index (χ2n) is 9.42. The summed E-state index contributed by atoms with van der Waals surface area (Å²) in [6.07, 6.45) is 7.17. The Balaban J connectivity index is 1.66. The van der Waals surface area contributed by atoms with Crippen LogP contribution in [0.1, 0.15) is 56.0 Å². The fraction of sp³-hybridized carbons (Fsp3) is 0.357. The van der Waals surface area contributed by atoms with Gasteiger partial charge in [0.05, 0.1) is 16.3 Å². The smallest absolute Gasteiger partial charge is 0.250 e. The Kier molecular flexibility index (Phi) is 8.27. The Morgan fingerprint density at radius 1 is 1.16 bits per heavy atom. The molecule has 1 saturated heterocycles. The van der Waals surface area contributed by atoms with Gasteiger partial charge >= 0.3 is 0 Å². The van der Waals surface area contributed by atoms with Crippen LogP contribution in [0.15, 0.2) is 69.7 Å². The maximum atomic E-state index is 13.3. The number of hydrogen-bond acceptors (Lipinski definition) is 7. The fourth-order valence-electron chi connectivity index (χ4n) is 4.33. The van der Waals surface area contributed by atoms with Gasteiger partial charge in [0.25, 0.3) is 5.95 Å². The maximum absolute atomic E-state index is 13.3. The zero-order valence-electron chi connectivity index (χ0n) is 22.2. The van der Waals surface area contributed by atoms with Gasteiger partial charge in [0.1, 0.15) is 16.1 Å². The highest BCUT2D eigenvalue weighted by Crippen LogP contribution is 2.40. The molecule has 2 heterocycles. The normalized spacial score (nSPS) is 14.9. The topological polar surface area (TPSA) is 118 Å². The average Bonchev–Trinajstić information content (AvgIpc) is 3.55. The van der Waals surface area contributed by atoms with E-state index in [0.717, 1.165) is 43.6 Å². The van der Waals surface area contributed by atoms with E-state index in [1.807, 2.05) is 37.3 Å². The molecule has 1 aromatic heterocycles. The summed E-state index contributed by atoms with van der Waals surface area (Å²) >= 11 is 0. The first-order chi connectivity index (χ1) is 18.2. The zero-order chi connectivity index (χ0) is 27.3. The molecule has 0 spiro atoms. The van der Waals surface area contributed by atoms with Crippen molar-refractivity contribution in [2.45, 2.75) is 50.8 Å². The molecule has 0 amide bonds. The van der Waals surface area contributed by atoms with Crippen LogP contribution in [0, 0.1) is 18.3 Å². The van der Waals surface area contributed by atoms with Crippen LogP contribution in [0.5, 0.6) is 0 Å². The number of nitrogens with zero attached hydrogens (tertiary/aromatic N) is 7. The highest BCUT2D eigenvalue weighted by atomic mass is 32.2.